The number of aliphatic hydroxyl groups excluding tert-OH is 1. The van der Waals surface area contributed by atoms with E-state index in [0.717, 1.165) is 0 Å². The van der Waals surface area contributed by atoms with Crippen LogP contribution in [0.5, 0.6) is 0 Å². The van der Waals surface area contributed by atoms with Gasteiger partial charge in [-0.25, -0.2) is 30.7 Å². The Morgan fingerprint density at radius 2 is 1.24 bits per heavy atom. The van der Waals surface area contributed by atoms with E-state index in [1.165, 1.54) is 0 Å². The minimum Gasteiger partial charge on any atom is -0.382 e. The summed E-state index contributed by atoms with van der Waals surface area (Å²) in [4.78, 5) is 0. The van der Waals surface area contributed by atoms with Crippen molar-refractivity contribution in [3.05, 3.63) is 58.5 Å². The third kappa shape index (κ3) is 2.04. The molecule has 21 heavy (non-hydrogen) atoms. The van der Waals surface area contributed by atoms with Gasteiger partial charge in [0.25, 0.3) is 0 Å². The summed E-state index contributed by atoms with van der Waals surface area (Å²) in [6, 6.07) is 0. The largest absolute Gasteiger partial charge is 0.382 e. The molecule has 2 N–H and O–H groups in total. The summed E-state index contributed by atoms with van der Waals surface area (Å²) in [7, 11) is 0. The van der Waals surface area contributed by atoms with Crippen molar-refractivity contribution in [2.24, 2.45) is 0 Å². The Bertz CT molecular complexity index is 654. The zero-order valence-electron chi connectivity index (χ0n) is 9.77. The van der Waals surface area contributed by atoms with Crippen molar-refractivity contribution >= 4 is 0 Å². The number of halogens is 7. The van der Waals surface area contributed by atoms with Gasteiger partial charge >= 0.3 is 0 Å². The molecular weight excluding hydrogens is 309 g/mol. The predicted octanol–water partition coefficient (Wildman–Crippen LogP) is 2.65. The van der Waals surface area contributed by atoms with Gasteiger partial charge in [0.2, 0.25) is 5.82 Å². The van der Waals surface area contributed by atoms with E-state index in [0.29, 0.717) is 0 Å². The highest BCUT2D eigenvalue weighted by Crippen LogP contribution is 2.40. The van der Waals surface area contributed by atoms with E-state index in [4.69, 9.17) is 0 Å². The summed E-state index contributed by atoms with van der Waals surface area (Å²) in [6.07, 6.45) is -2.50. The highest BCUT2D eigenvalue weighted by atomic mass is 19.2. The van der Waals surface area contributed by atoms with Crippen LogP contribution >= 0.6 is 0 Å². The maximum Gasteiger partial charge on any atom is 0.200 e. The van der Waals surface area contributed by atoms with Gasteiger partial charge in [-0.15, -0.1) is 0 Å². The van der Waals surface area contributed by atoms with Crippen molar-refractivity contribution in [1.82, 2.24) is 0 Å². The van der Waals surface area contributed by atoms with Crippen LogP contribution in [0.1, 0.15) is 5.56 Å². The topological polar surface area (TPSA) is 40.5 Å². The van der Waals surface area contributed by atoms with E-state index in [1.807, 2.05) is 0 Å². The number of hydrogen-bond acceptors (Lipinski definition) is 2. The second kappa shape index (κ2) is 4.85. The molecular formula is C12H5F7O2. The molecule has 114 valence electrons. The first-order valence-corrected chi connectivity index (χ1v) is 5.29. The number of benzene rings is 1. The number of rotatable bonds is 1. The molecule has 2 atom stereocenters. The first-order valence-electron chi connectivity index (χ1n) is 5.29. The van der Waals surface area contributed by atoms with E-state index >= 15 is 0 Å². The van der Waals surface area contributed by atoms with Crippen LogP contribution < -0.4 is 0 Å². The first-order chi connectivity index (χ1) is 9.62. The minimum atomic E-state index is -3.36. The SMILES string of the molecule is OC1C(F)=C(F)C=CC1(O)c1c(F)c(F)c(F)c(F)c1F. The molecule has 0 bridgehead atoms. The van der Waals surface area contributed by atoms with Gasteiger partial charge in [-0.05, 0) is 12.2 Å². The fourth-order valence-electron chi connectivity index (χ4n) is 1.87. The van der Waals surface area contributed by atoms with Gasteiger partial charge in [0.1, 0.15) is 11.7 Å². The van der Waals surface area contributed by atoms with Crippen molar-refractivity contribution in [3.8, 4) is 0 Å². The van der Waals surface area contributed by atoms with Crippen molar-refractivity contribution < 1.29 is 40.9 Å². The fraction of sp³-hybridized carbons (Fsp3) is 0.167. The van der Waals surface area contributed by atoms with Crippen molar-refractivity contribution in [2.45, 2.75) is 11.7 Å². The van der Waals surface area contributed by atoms with Gasteiger partial charge < -0.3 is 10.2 Å². The smallest absolute Gasteiger partial charge is 0.200 e. The summed E-state index contributed by atoms with van der Waals surface area (Å²) in [5.41, 5.74) is -5.24. The molecule has 1 aliphatic rings. The fourth-order valence-corrected chi connectivity index (χ4v) is 1.87. The zero-order chi connectivity index (χ0) is 16.1. The summed E-state index contributed by atoms with van der Waals surface area (Å²) >= 11 is 0. The Hall–Kier alpha value is -1.87. The van der Waals surface area contributed by atoms with Crippen molar-refractivity contribution in [1.29, 1.82) is 0 Å². The second-order valence-corrected chi connectivity index (χ2v) is 4.20. The molecule has 1 aromatic carbocycles. The lowest BCUT2D eigenvalue weighted by atomic mass is 9.83. The molecule has 0 aliphatic heterocycles. The molecule has 0 heterocycles. The Morgan fingerprint density at radius 3 is 1.71 bits per heavy atom. The zero-order valence-corrected chi connectivity index (χ0v) is 9.77. The van der Waals surface area contributed by atoms with Crippen LogP contribution in [0.15, 0.2) is 23.8 Å². The van der Waals surface area contributed by atoms with Crippen LogP contribution in [0.3, 0.4) is 0 Å². The van der Waals surface area contributed by atoms with Gasteiger partial charge in [-0.2, -0.15) is 0 Å². The molecule has 0 fully saturated rings. The van der Waals surface area contributed by atoms with E-state index in [9.17, 15) is 40.9 Å². The highest BCUT2D eigenvalue weighted by molar-refractivity contribution is 5.41. The van der Waals surface area contributed by atoms with E-state index < -0.39 is 58.0 Å². The Balaban J connectivity index is 2.77. The molecule has 0 spiro atoms. The van der Waals surface area contributed by atoms with Crippen LogP contribution in [0.2, 0.25) is 0 Å². The van der Waals surface area contributed by atoms with Crippen LogP contribution in [0, 0.1) is 29.1 Å². The number of aliphatic hydroxyl groups is 2. The molecule has 2 nitrogen and oxygen atoms in total. The molecule has 0 aromatic heterocycles. The summed E-state index contributed by atoms with van der Waals surface area (Å²) in [5, 5.41) is 19.3. The lowest BCUT2D eigenvalue weighted by Gasteiger charge is -2.32. The normalized spacial score (nSPS) is 25.7. The summed E-state index contributed by atoms with van der Waals surface area (Å²) in [6.45, 7) is 0. The van der Waals surface area contributed by atoms with Gasteiger partial charge in [0.05, 0.1) is 5.56 Å². The van der Waals surface area contributed by atoms with Crippen molar-refractivity contribution in [2.75, 3.05) is 0 Å². The van der Waals surface area contributed by atoms with Crippen LogP contribution in [0.4, 0.5) is 30.7 Å². The molecule has 0 saturated heterocycles. The maximum absolute atomic E-state index is 13.6. The third-order valence-electron chi connectivity index (χ3n) is 2.98. The highest BCUT2D eigenvalue weighted by Gasteiger charge is 2.47. The Morgan fingerprint density at radius 1 is 0.810 bits per heavy atom. The molecule has 0 amide bonds. The average molecular weight is 314 g/mol. The van der Waals surface area contributed by atoms with Gasteiger partial charge in [-0.3, -0.25) is 0 Å². The van der Waals surface area contributed by atoms with Crippen LogP contribution in [0.25, 0.3) is 0 Å². The second-order valence-electron chi connectivity index (χ2n) is 4.20. The predicted molar refractivity (Wildman–Crippen MR) is 54.5 cm³/mol. The Kier molecular flexibility index (Phi) is 3.58. The molecule has 0 radical (unpaired) electrons. The maximum atomic E-state index is 13.6. The minimum absolute atomic E-state index is 0.189. The molecule has 2 rings (SSSR count). The average Bonchev–Trinajstić information content (AvgIpc) is 2.45. The number of hydrogen-bond donors (Lipinski definition) is 2. The monoisotopic (exact) mass is 314 g/mol. The lowest BCUT2D eigenvalue weighted by molar-refractivity contribution is -0.0434. The van der Waals surface area contributed by atoms with Gasteiger partial charge in [0.15, 0.2) is 34.9 Å². The summed E-state index contributed by atoms with van der Waals surface area (Å²) < 4.78 is 92.3. The first kappa shape index (κ1) is 15.5. The Labute approximate surface area is 112 Å². The standard InChI is InChI=1S/C12H5F7O2/c13-3-1-2-12(21,11(20)5(3)14)4-6(15)8(17)10(19)9(18)7(4)16/h1-2,11,20-21H. The van der Waals surface area contributed by atoms with E-state index in [-0.39, 0.29) is 12.2 Å². The van der Waals surface area contributed by atoms with Crippen LogP contribution in [-0.2, 0) is 5.60 Å². The van der Waals surface area contributed by atoms with Gasteiger partial charge in [0, 0.05) is 0 Å². The number of allylic oxidation sites excluding steroid dienone is 2. The third-order valence-corrected chi connectivity index (χ3v) is 2.98. The van der Waals surface area contributed by atoms with Crippen LogP contribution in [-0.4, -0.2) is 16.3 Å². The molecule has 0 saturated carbocycles. The molecule has 1 aromatic rings. The van der Waals surface area contributed by atoms with E-state index in [1.54, 1.807) is 0 Å². The molecule has 1 aliphatic carbocycles. The lowest BCUT2D eigenvalue weighted by Crippen LogP contribution is -2.42. The van der Waals surface area contributed by atoms with E-state index in [2.05, 4.69) is 0 Å². The molecule has 2 unspecified atom stereocenters. The van der Waals surface area contributed by atoms with Gasteiger partial charge in [-0.1, -0.05) is 0 Å². The molecule has 9 heteroatoms. The summed E-state index contributed by atoms with van der Waals surface area (Å²) in [5.74, 6) is -15.9. The quantitative estimate of drug-likeness (QED) is 0.475. The van der Waals surface area contributed by atoms with Crippen molar-refractivity contribution in [3.63, 3.8) is 0 Å².